The third-order valence-electron chi connectivity index (χ3n) is 6.16. The van der Waals surface area contributed by atoms with Gasteiger partial charge in [0.15, 0.2) is 11.5 Å². The maximum Gasteiger partial charge on any atom is 0.272 e. The van der Waals surface area contributed by atoms with Crippen LogP contribution in [0.15, 0.2) is 108 Å². The smallest absolute Gasteiger partial charge is 0.272 e. The highest BCUT2D eigenvalue weighted by Crippen LogP contribution is 2.29. The van der Waals surface area contributed by atoms with Gasteiger partial charge < -0.3 is 9.47 Å². The maximum absolute atomic E-state index is 13.2. The quantitative estimate of drug-likeness (QED) is 0.174. The van der Waals surface area contributed by atoms with Gasteiger partial charge in [-0.3, -0.25) is 4.79 Å². The number of nitrogens with one attached hydrogen (secondary N) is 1. The molecule has 0 saturated heterocycles. The third-order valence-corrected chi connectivity index (χ3v) is 6.16. The molecule has 0 fully saturated rings. The van der Waals surface area contributed by atoms with Crippen molar-refractivity contribution in [2.24, 2.45) is 5.10 Å². The lowest BCUT2D eigenvalue weighted by Gasteiger charge is -2.13. The number of benzene rings is 4. The first-order valence-corrected chi connectivity index (χ1v) is 12.8. The van der Waals surface area contributed by atoms with E-state index in [1.54, 1.807) is 30.5 Å². The number of carbonyl (C=O) groups excluding carboxylic acids is 1. The predicted octanol–water partition coefficient (Wildman–Crippen LogP) is 6.52. The molecule has 1 amide bonds. The number of hydrogen-bond donors (Lipinski definition) is 1. The summed E-state index contributed by atoms with van der Waals surface area (Å²) in [4.78, 5) is 17.9. The van der Waals surface area contributed by atoms with E-state index in [-0.39, 0.29) is 5.91 Å². The largest absolute Gasteiger partial charge is 0.490 e. The van der Waals surface area contributed by atoms with Gasteiger partial charge in [-0.2, -0.15) is 10.4 Å². The first-order chi connectivity index (χ1) is 19.6. The number of para-hydroxylation sites is 1. The summed E-state index contributed by atoms with van der Waals surface area (Å²) in [6.07, 6.45) is 1.56. The highest BCUT2D eigenvalue weighted by Gasteiger charge is 2.14. The van der Waals surface area contributed by atoms with E-state index in [4.69, 9.17) is 19.7 Å². The molecule has 196 valence electrons. The molecule has 1 N–H and O–H groups in total. The minimum absolute atomic E-state index is 0.333. The van der Waals surface area contributed by atoms with E-state index in [2.05, 4.69) is 16.6 Å². The molecule has 0 radical (unpaired) electrons. The van der Waals surface area contributed by atoms with Crippen molar-refractivity contribution in [2.45, 2.75) is 13.5 Å². The number of aromatic nitrogens is 1. The summed E-state index contributed by atoms with van der Waals surface area (Å²) in [5.41, 5.74) is 7.78. The topological polar surface area (TPSA) is 96.6 Å². The molecule has 1 heterocycles. The molecule has 0 aliphatic heterocycles. The third kappa shape index (κ3) is 6.14. The van der Waals surface area contributed by atoms with Gasteiger partial charge in [0.25, 0.3) is 5.91 Å². The molecular formula is C33H26N4O3. The van der Waals surface area contributed by atoms with Crippen LogP contribution in [-0.4, -0.2) is 23.7 Å². The monoisotopic (exact) mass is 526 g/mol. The fraction of sp³-hybridized carbons (Fsp3) is 0.0909. The van der Waals surface area contributed by atoms with Crippen LogP contribution in [0.3, 0.4) is 0 Å². The number of nitrogens with zero attached hydrogens (tertiary/aromatic N) is 3. The van der Waals surface area contributed by atoms with Crippen LogP contribution in [0.5, 0.6) is 11.5 Å². The van der Waals surface area contributed by atoms with Crippen LogP contribution in [0.4, 0.5) is 0 Å². The molecule has 1 aromatic heterocycles. The lowest BCUT2D eigenvalue weighted by molar-refractivity contribution is 0.0956. The Morgan fingerprint density at radius 3 is 2.48 bits per heavy atom. The number of hydrogen-bond acceptors (Lipinski definition) is 6. The zero-order valence-electron chi connectivity index (χ0n) is 21.9. The van der Waals surface area contributed by atoms with Gasteiger partial charge in [0, 0.05) is 10.9 Å². The van der Waals surface area contributed by atoms with Gasteiger partial charge in [0.05, 0.1) is 41.2 Å². The van der Waals surface area contributed by atoms with Crippen molar-refractivity contribution in [3.8, 4) is 28.8 Å². The molecule has 0 aliphatic rings. The van der Waals surface area contributed by atoms with Crippen LogP contribution in [-0.2, 0) is 6.61 Å². The van der Waals surface area contributed by atoms with Gasteiger partial charge in [-0.25, -0.2) is 10.4 Å². The molecule has 0 unspecified atom stereocenters. The Morgan fingerprint density at radius 1 is 0.925 bits per heavy atom. The van der Waals surface area contributed by atoms with Crippen molar-refractivity contribution in [3.63, 3.8) is 0 Å². The predicted molar refractivity (Wildman–Crippen MR) is 155 cm³/mol. The second-order valence-electron chi connectivity index (χ2n) is 8.87. The van der Waals surface area contributed by atoms with Gasteiger partial charge in [-0.15, -0.1) is 0 Å². The van der Waals surface area contributed by atoms with Crippen LogP contribution in [0.1, 0.15) is 34.0 Å². The van der Waals surface area contributed by atoms with E-state index in [9.17, 15) is 4.79 Å². The van der Waals surface area contributed by atoms with Crippen molar-refractivity contribution in [3.05, 3.63) is 125 Å². The number of rotatable bonds is 9. The minimum atomic E-state index is -0.334. The Hall–Kier alpha value is -5.48. The molecule has 0 saturated carbocycles. The fourth-order valence-corrected chi connectivity index (χ4v) is 4.17. The molecule has 7 heteroatoms. The first-order valence-electron chi connectivity index (χ1n) is 12.8. The number of hydrazone groups is 1. The highest BCUT2D eigenvalue weighted by atomic mass is 16.5. The zero-order chi connectivity index (χ0) is 27.7. The van der Waals surface area contributed by atoms with Crippen LogP contribution < -0.4 is 14.9 Å². The lowest BCUT2D eigenvalue weighted by atomic mass is 10.0. The average Bonchev–Trinajstić information content (AvgIpc) is 3.01. The summed E-state index contributed by atoms with van der Waals surface area (Å²) < 4.78 is 11.7. The number of nitriles is 1. The second kappa shape index (κ2) is 12.4. The van der Waals surface area contributed by atoms with E-state index in [1.807, 2.05) is 85.8 Å². The average molecular weight is 527 g/mol. The van der Waals surface area contributed by atoms with Crippen LogP contribution in [0.2, 0.25) is 0 Å². The first kappa shape index (κ1) is 26.1. The highest BCUT2D eigenvalue weighted by molar-refractivity contribution is 6.07. The fourth-order valence-electron chi connectivity index (χ4n) is 4.17. The van der Waals surface area contributed by atoms with Gasteiger partial charge in [-0.1, -0.05) is 60.7 Å². The summed E-state index contributed by atoms with van der Waals surface area (Å²) in [5, 5.41) is 13.9. The number of amides is 1. The Balaban J connectivity index is 1.32. The van der Waals surface area contributed by atoms with E-state index in [1.165, 1.54) is 0 Å². The summed E-state index contributed by atoms with van der Waals surface area (Å²) >= 11 is 0. The Morgan fingerprint density at radius 2 is 1.70 bits per heavy atom. The molecule has 0 bridgehead atoms. The van der Waals surface area contributed by atoms with Crippen LogP contribution in [0.25, 0.3) is 22.2 Å². The Kier molecular flexibility index (Phi) is 8.09. The Bertz CT molecular complexity index is 1710. The number of ether oxygens (including phenoxy) is 2. The molecular weight excluding hydrogens is 500 g/mol. The molecule has 7 nitrogen and oxygen atoms in total. The molecule has 0 spiro atoms. The minimum Gasteiger partial charge on any atom is -0.490 e. The van der Waals surface area contributed by atoms with Gasteiger partial charge in [0.1, 0.15) is 6.61 Å². The van der Waals surface area contributed by atoms with E-state index in [0.717, 1.165) is 27.6 Å². The van der Waals surface area contributed by atoms with Crippen molar-refractivity contribution in [1.29, 1.82) is 5.26 Å². The van der Waals surface area contributed by atoms with Gasteiger partial charge >= 0.3 is 0 Å². The molecule has 5 rings (SSSR count). The second-order valence-corrected chi connectivity index (χ2v) is 8.87. The molecule has 5 aromatic rings. The van der Waals surface area contributed by atoms with Crippen molar-refractivity contribution in [1.82, 2.24) is 10.4 Å². The van der Waals surface area contributed by atoms with E-state index >= 15 is 0 Å². The number of pyridine rings is 1. The van der Waals surface area contributed by atoms with E-state index in [0.29, 0.717) is 41.5 Å². The van der Waals surface area contributed by atoms with Crippen LogP contribution >= 0.6 is 0 Å². The summed E-state index contributed by atoms with van der Waals surface area (Å²) in [5.74, 6) is 0.822. The van der Waals surface area contributed by atoms with Gasteiger partial charge in [-0.05, 0) is 60.5 Å². The van der Waals surface area contributed by atoms with Crippen LogP contribution in [0, 0.1) is 11.3 Å². The molecule has 0 aliphatic carbocycles. The molecule has 4 aromatic carbocycles. The van der Waals surface area contributed by atoms with Gasteiger partial charge in [0.2, 0.25) is 0 Å². The lowest BCUT2D eigenvalue weighted by Crippen LogP contribution is -2.18. The summed E-state index contributed by atoms with van der Waals surface area (Å²) in [7, 11) is 0. The summed E-state index contributed by atoms with van der Waals surface area (Å²) in [6, 6.07) is 33.9. The maximum atomic E-state index is 13.2. The standard InChI is InChI=1S/C33H26N4O3/c1-2-39-32-18-25(16-17-31(32)40-22-24-14-12-23(20-34)13-15-24)21-35-37-33(38)28-19-30(26-8-4-3-5-9-26)36-29-11-7-6-10-27(28)29/h3-19,21H,2,22H2,1H3,(H,37,38)/b35-21-. The van der Waals surface area contributed by atoms with E-state index < -0.39 is 0 Å². The molecule has 40 heavy (non-hydrogen) atoms. The molecule has 0 atom stereocenters. The Labute approximate surface area is 232 Å². The SMILES string of the molecule is CCOc1cc(/C=N\NC(=O)c2cc(-c3ccccc3)nc3ccccc23)ccc1OCc1ccc(C#N)cc1. The number of fused-ring (bicyclic) bond motifs is 1. The van der Waals surface area contributed by atoms with Crippen molar-refractivity contribution >= 4 is 23.0 Å². The summed E-state index contributed by atoms with van der Waals surface area (Å²) in [6.45, 7) is 2.69. The van der Waals surface area contributed by atoms with Crippen molar-refractivity contribution in [2.75, 3.05) is 6.61 Å². The number of carbonyl (C=O) groups is 1. The zero-order valence-corrected chi connectivity index (χ0v) is 21.9. The van der Waals surface area contributed by atoms with Crippen molar-refractivity contribution < 1.29 is 14.3 Å². The normalized spacial score (nSPS) is 10.8.